The van der Waals surface area contributed by atoms with Gasteiger partial charge in [-0.15, -0.1) is 16.8 Å². The van der Waals surface area contributed by atoms with Crippen molar-refractivity contribution in [1.82, 2.24) is 20.1 Å². The predicted molar refractivity (Wildman–Crippen MR) is 139 cm³/mol. The molecule has 0 aliphatic heterocycles. The second-order valence-corrected chi connectivity index (χ2v) is 9.39. The third-order valence-electron chi connectivity index (χ3n) is 5.08. The molecule has 1 heterocycles. The number of nitrogens with zero attached hydrogens (tertiary/aromatic N) is 3. The summed E-state index contributed by atoms with van der Waals surface area (Å²) in [6.45, 7) is 8.26. The summed E-state index contributed by atoms with van der Waals surface area (Å²) in [4.78, 5) is 25.4. The van der Waals surface area contributed by atoms with Crippen molar-refractivity contribution in [2.24, 2.45) is 5.92 Å². The van der Waals surface area contributed by atoms with E-state index < -0.39 is 6.04 Å². The maximum Gasteiger partial charge on any atom is 0.251 e. The van der Waals surface area contributed by atoms with Crippen molar-refractivity contribution in [2.75, 3.05) is 18.2 Å². The van der Waals surface area contributed by atoms with Crippen molar-refractivity contribution < 1.29 is 14.3 Å². The van der Waals surface area contributed by atoms with E-state index in [2.05, 4.69) is 27.4 Å². The molecule has 2 amide bonds. The number of rotatable bonds is 11. The normalized spacial score (nSPS) is 11.7. The maximum absolute atomic E-state index is 12.9. The Labute approximate surface area is 214 Å². The number of benzene rings is 2. The van der Waals surface area contributed by atoms with E-state index in [0.717, 1.165) is 0 Å². The molecule has 0 saturated carbocycles. The zero-order valence-corrected chi connectivity index (χ0v) is 21.4. The highest BCUT2D eigenvalue weighted by Crippen LogP contribution is 2.26. The standard InChI is InChI=1S/C25H28ClN5O3S/c1-5-13-31-23(22(16(2)3)28-24(33)17-9-11-20(34-4)12-10-17)29-30-25(31)35-15-21(32)27-19-8-6-7-18(26)14-19/h5-12,14,16,22H,1,13,15H2,2-4H3,(H,27,32)(H,28,33). The first-order chi connectivity index (χ1) is 16.8. The molecule has 184 valence electrons. The molecule has 0 fully saturated rings. The number of nitrogens with one attached hydrogen (secondary N) is 2. The van der Waals surface area contributed by atoms with Crippen LogP contribution in [-0.2, 0) is 11.3 Å². The van der Waals surface area contributed by atoms with Crippen LogP contribution in [0.5, 0.6) is 5.75 Å². The molecule has 3 rings (SSSR count). The van der Waals surface area contributed by atoms with Crippen molar-refractivity contribution in [2.45, 2.75) is 31.6 Å². The van der Waals surface area contributed by atoms with E-state index >= 15 is 0 Å². The first-order valence-corrected chi connectivity index (χ1v) is 12.4. The third kappa shape index (κ3) is 7.10. The second kappa shape index (κ2) is 12.4. The molecule has 2 N–H and O–H groups in total. The van der Waals surface area contributed by atoms with E-state index in [-0.39, 0.29) is 23.5 Å². The van der Waals surface area contributed by atoms with Gasteiger partial charge in [-0.1, -0.05) is 49.4 Å². The Balaban J connectivity index is 1.74. The van der Waals surface area contributed by atoms with E-state index in [1.807, 2.05) is 18.4 Å². The lowest BCUT2D eigenvalue weighted by molar-refractivity contribution is -0.113. The molecule has 8 nitrogen and oxygen atoms in total. The van der Waals surface area contributed by atoms with Crippen LogP contribution in [0.4, 0.5) is 5.69 Å². The highest BCUT2D eigenvalue weighted by Gasteiger charge is 2.26. The Hall–Kier alpha value is -3.30. The fourth-order valence-corrected chi connectivity index (χ4v) is 4.27. The van der Waals surface area contributed by atoms with Gasteiger partial charge in [0.2, 0.25) is 5.91 Å². The van der Waals surface area contributed by atoms with Crippen molar-refractivity contribution in [3.05, 3.63) is 77.6 Å². The van der Waals surface area contributed by atoms with Gasteiger partial charge in [-0.05, 0) is 48.4 Å². The predicted octanol–water partition coefficient (Wildman–Crippen LogP) is 4.98. The van der Waals surface area contributed by atoms with Crippen LogP contribution in [0.15, 0.2) is 66.3 Å². The van der Waals surface area contributed by atoms with Crippen LogP contribution in [0.2, 0.25) is 5.02 Å². The van der Waals surface area contributed by atoms with E-state index in [1.165, 1.54) is 11.8 Å². The minimum atomic E-state index is -0.397. The van der Waals surface area contributed by atoms with Gasteiger partial charge < -0.3 is 19.9 Å². The molecule has 2 aromatic carbocycles. The summed E-state index contributed by atoms with van der Waals surface area (Å²) in [6.07, 6.45) is 1.73. The first kappa shape index (κ1) is 26.3. The molecule has 0 aliphatic rings. The van der Waals surface area contributed by atoms with E-state index in [0.29, 0.717) is 39.5 Å². The zero-order valence-electron chi connectivity index (χ0n) is 19.8. The fraction of sp³-hybridized carbons (Fsp3) is 0.280. The van der Waals surface area contributed by atoms with Crippen LogP contribution in [0.25, 0.3) is 0 Å². The maximum atomic E-state index is 12.9. The highest BCUT2D eigenvalue weighted by atomic mass is 35.5. The summed E-state index contributed by atoms with van der Waals surface area (Å²) >= 11 is 7.24. The van der Waals surface area contributed by atoms with Crippen LogP contribution in [0, 0.1) is 5.92 Å². The number of carbonyl (C=O) groups excluding carboxylic acids is 2. The molecule has 0 bridgehead atoms. The molecule has 1 aromatic heterocycles. The lowest BCUT2D eigenvalue weighted by Crippen LogP contribution is -2.33. The number of carbonyl (C=O) groups is 2. The zero-order chi connectivity index (χ0) is 25.4. The second-order valence-electron chi connectivity index (χ2n) is 8.01. The summed E-state index contributed by atoms with van der Waals surface area (Å²) in [5.41, 5.74) is 1.14. The molecule has 0 radical (unpaired) electrons. The third-order valence-corrected chi connectivity index (χ3v) is 6.28. The Morgan fingerprint density at radius 2 is 1.94 bits per heavy atom. The van der Waals surface area contributed by atoms with Gasteiger partial charge in [0.1, 0.15) is 5.75 Å². The average Bonchev–Trinajstić information content (AvgIpc) is 3.23. The van der Waals surface area contributed by atoms with Crippen molar-refractivity contribution >= 4 is 40.9 Å². The number of hydrogen-bond donors (Lipinski definition) is 2. The highest BCUT2D eigenvalue weighted by molar-refractivity contribution is 7.99. The molecule has 0 aliphatic carbocycles. The number of hydrogen-bond acceptors (Lipinski definition) is 6. The molecular formula is C25H28ClN5O3S. The number of halogens is 1. The Bertz CT molecular complexity index is 1180. The lowest BCUT2D eigenvalue weighted by atomic mass is 10.0. The topological polar surface area (TPSA) is 98.1 Å². The Morgan fingerprint density at radius 3 is 2.57 bits per heavy atom. The lowest BCUT2D eigenvalue weighted by Gasteiger charge is -2.22. The number of thioether (sulfide) groups is 1. The summed E-state index contributed by atoms with van der Waals surface area (Å²) in [5, 5.41) is 15.6. The number of allylic oxidation sites excluding steroid dienone is 1. The minimum Gasteiger partial charge on any atom is -0.497 e. The SMILES string of the molecule is C=CCn1c(SCC(=O)Nc2cccc(Cl)c2)nnc1C(NC(=O)c1ccc(OC)cc1)C(C)C. The number of methoxy groups -OCH3 is 1. The smallest absolute Gasteiger partial charge is 0.251 e. The number of anilines is 1. The van der Waals surface area contributed by atoms with E-state index in [9.17, 15) is 9.59 Å². The van der Waals surface area contributed by atoms with Gasteiger partial charge in [-0.2, -0.15) is 0 Å². The fourth-order valence-electron chi connectivity index (χ4n) is 3.33. The van der Waals surface area contributed by atoms with Gasteiger partial charge in [0.05, 0.1) is 18.9 Å². The van der Waals surface area contributed by atoms with Gasteiger partial charge in [0.15, 0.2) is 11.0 Å². The van der Waals surface area contributed by atoms with Gasteiger partial charge >= 0.3 is 0 Å². The molecule has 0 saturated heterocycles. The summed E-state index contributed by atoms with van der Waals surface area (Å²) < 4.78 is 7.03. The Morgan fingerprint density at radius 1 is 1.20 bits per heavy atom. The summed E-state index contributed by atoms with van der Waals surface area (Å²) in [6, 6.07) is 13.5. The number of amides is 2. The van der Waals surface area contributed by atoms with Crippen LogP contribution < -0.4 is 15.4 Å². The minimum absolute atomic E-state index is 0.0361. The van der Waals surface area contributed by atoms with Crippen molar-refractivity contribution in [3.63, 3.8) is 0 Å². The summed E-state index contributed by atoms with van der Waals surface area (Å²) in [7, 11) is 1.58. The molecule has 3 aromatic rings. The largest absolute Gasteiger partial charge is 0.497 e. The van der Waals surface area contributed by atoms with Gasteiger partial charge in [0, 0.05) is 22.8 Å². The van der Waals surface area contributed by atoms with Crippen LogP contribution in [0.3, 0.4) is 0 Å². The van der Waals surface area contributed by atoms with Gasteiger partial charge in [0.25, 0.3) is 5.91 Å². The number of ether oxygens (including phenoxy) is 1. The van der Waals surface area contributed by atoms with Crippen LogP contribution in [-0.4, -0.2) is 39.4 Å². The molecule has 1 unspecified atom stereocenters. The number of aromatic nitrogens is 3. The van der Waals surface area contributed by atoms with Crippen molar-refractivity contribution in [3.8, 4) is 5.75 Å². The van der Waals surface area contributed by atoms with Gasteiger partial charge in [-0.25, -0.2) is 0 Å². The molecule has 0 spiro atoms. The monoisotopic (exact) mass is 513 g/mol. The average molecular weight is 514 g/mol. The first-order valence-electron chi connectivity index (χ1n) is 11.0. The van der Waals surface area contributed by atoms with Crippen LogP contribution >= 0.6 is 23.4 Å². The molecule has 10 heteroatoms. The molecule has 35 heavy (non-hydrogen) atoms. The van der Waals surface area contributed by atoms with Crippen molar-refractivity contribution in [1.29, 1.82) is 0 Å². The summed E-state index contributed by atoms with van der Waals surface area (Å²) in [5.74, 6) is 1.02. The molecule has 1 atom stereocenters. The quantitative estimate of drug-likeness (QED) is 0.277. The van der Waals surface area contributed by atoms with E-state index in [4.69, 9.17) is 16.3 Å². The van der Waals surface area contributed by atoms with Crippen LogP contribution in [0.1, 0.15) is 36.1 Å². The Kier molecular flexibility index (Phi) is 9.33. The molecular weight excluding hydrogens is 486 g/mol. The van der Waals surface area contributed by atoms with E-state index in [1.54, 1.807) is 61.7 Å². The van der Waals surface area contributed by atoms with Gasteiger partial charge in [-0.3, -0.25) is 9.59 Å².